The van der Waals surface area contributed by atoms with E-state index in [1.807, 2.05) is 13.8 Å². The van der Waals surface area contributed by atoms with Gasteiger partial charge < -0.3 is 15.0 Å². The van der Waals surface area contributed by atoms with Gasteiger partial charge in [0.1, 0.15) is 24.2 Å². The van der Waals surface area contributed by atoms with E-state index in [1.165, 1.54) is 85.7 Å². The number of methoxy groups -OCH3 is 1. The molecule has 40 heavy (non-hydrogen) atoms. The summed E-state index contributed by atoms with van der Waals surface area (Å²) in [4.78, 5) is 28.0. The van der Waals surface area contributed by atoms with Crippen LogP contribution in [0, 0.1) is 5.82 Å². The summed E-state index contributed by atoms with van der Waals surface area (Å²) in [5.74, 6) is -1.21. The zero-order valence-electron chi connectivity index (χ0n) is 22.8. The first-order valence-electron chi connectivity index (χ1n) is 12.7. The third kappa shape index (κ3) is 7.51. The van der Waals surface area contributed by atoms with E-state index in [0.29, 0.717) is 17.2 Å². The molecule has 0 bridgehead atoms. The molecule has 0 aliphatic heterocycles. The maximum absolute atomic E-state index is 14.6. The SMILES string of the molecule is CC[C@@H](C)NC(=O)[C@@H](C)N(Cc1ccccc1F)C(=O)CN(c1ccc(Cl)cc1)S(=O)(=O)c1ccc(OC)cc1. The molecule has 0 fully saturated rings. The van der Waals surface area contributed by atoms with Crippen LogP contribution in [0.3, 0.4) is 0 Å². The number of nitrogens with one attached hydrogen (secondary N) is 1. The topological polar surface area (TPSA) is 96.0 Å². The van der Waals surface area contributed by atoms with Crippen molar-refractivity contribution in [3.63, 3.8) is 0 Å². The number of benzene rings is 3. The van der Waals surface area contributed by atoms with Gasteiger partial charge in [-0.2, -0.15) is 0 Å². The van der Waals surface area contributed by atoms with Crippen LogP contribution in [-0.4, -0.2) is 50.9 Å². The molecule has 0 aliphatic rings. The monoisotopic (exact) mass is 589 g/mol. The molecular weight excluding hydrogens is 557 g/mol. The third-order valence-corrected chi connectivity index (χ3v) is 8.55. The molecule has 2 atom stereocenters. The van der Waals surface area contributed by atoms with Gasteiger partial charge in [-0.05, 0) is 74.9 Å². The quantitative estimate of drug-likeness (QED) is 0.320. The average molecular weight is 590 g/mol. The van der Waals surface area contributed by atoms with E-state index < -0.39 is 40.2 Å². The number of halogens is 2. The number of carbonyl (C=O) groups is 2. The fraction of sp³-hybridized carbons (Fsp3) is 0.310. The minimum Gasteiger partial charge on any atom is -0.497 e. The van der Waals surface area contributed by atoms with Crippen LogP contribution in [0.5, 0.6) is 5.75 Å². The highest BCUT2D eigenvalue weighted by molar-refractivity contribution is 7.92. The van der Waals surface area contributed by atoms with Gasteiger partial charge in [0.2, 0.25) is 11.8 Å². The molecule has 0 saturated carbocycles. The molecule has 0 spiro atoms. The molecule has 3 aromatic rings. The number of hydrogen-bond acceptors (Lipinski definition) is 5. The number of sulfonamides is 1. The van der Waals surface area contributed by atoms with Crippen molar-refractivity contribution in [2.45, 2.75) is 50.7 Å². The molecule has 0 aromatic heterocycles. The molecule has 3 aromatic carbocycles. The lowest BCUT2D eigenvalue weighted by molar-refractivity contribution is -0.139. The van der Waals surface area contributed by atoms with Crippen LogP contribution < -0.4 is 14.4 Å². The molecular formula is C29H33ClFN3O5S. The number of anilines is 1. The fourth-order valence-corrected chi connectivity index (χ4v) is 5.41. The van der Waals surface area contributed by atoms with Crippen molar-refractivity contribution in [1.29, 1.82) is 0 Å². The van der Waals surface area contributed by atoms with Gasteiger partial charge in [0.15, 0.2) is 0 Å². The normalized spacial score (nSPS) is 12.8. The molecule has 0 heterocycles. The first-order valence-corrected chi connectivity index (χ1v) is 14.5. The van der Waals surface area contributed by atoms with E-state index >= 15 is 0 Å². The van der Waals surface area contributed by atoms with Crippen molar-refractivity contribution < 1.29 is 27.1 Å². The summed E-state index contributed by atoms with van der Waals surface area (Å²) < 4.78 is 48.3. The minimum absolute atomic E-state index is 0.0701. The van der Waals surface area contributed by atoms with E-state index in [1.54, 1.807) is 6.07 Å². The number of carbonyl (C=O) groups excluding carboxylic acids is 2. The molecule has 0 saturated heterocycles. The van der Waals surface area contributed by atoms with E-state index in [-0.39, 0.29) is 28.7 Å². The maximum Gasteiger partial charge on any atom is 0.264 e. The first kappa shape index (κ1) is 30.9. The predicted octanol–water partition coefficient (Wildman–Crippen LogP) is 5.02. The van der Waals surface area contributed by atoms with Crippen molar-refractivity contribution in [1.82, 2.24) is 10.2 Å². The summed E-state index contributed by atoms with van der Waals surface area (Å²) in [6.07, 6.45) is 0.671. The lowest BCUT2D eigenvalue weighted by atomic mass is 10.1. The smallest absolute Gasteiger partial charge is 0.264 e. The Morgan fingerprint density at radius 2 is 1.62 bits per heavy atom. The highest BCUT2D eigenvalue weighted by Gasteiger charge is 2.33. The second-order valence-corrected chi connectivity index (χ2v) is 11.6. The van der Waals surface area contributed by atoms with Gasteiger partial charge in [0.05, 0.1) is 17.7 Å². The maximum atomic E-state index is 14.6. The number of nitrogens with zero attached hydrogens (tertiary/aromatic N) is 2. The molecule has 214 valence electrons. The highest BCUT2D eigenvalue weighted by Crippen LogP contribution is 2.27. The lowest BCUT2D eigenvalue weighted by Crippen LogP contribution is -2.52. The summed E-state index contributed by atoms with van der Waals surface area (Å²) >= 11 is 6.04. The highest BCUT2D eigenvalue weighted by atomic mass is 35.5. The van der Waals surface area contributed by atoms with Gasteiger partial charge >= 0.3 is 0 Å². The predicted molar refractivity (Wildman–Crippen MR) is 153 cm³/mol. The standard InChI is InChI=1S/C29H33ClFN3O5S/c1-5-20(2)32-29(36)21(3)33(18-22-8-6-7-9-27(22)31)28(35)19-34(24-12-10-23(30)11-13-24)40(37,38)26-16-14-25(39-4)15-17-26/h6-17,20-21H,5,18-19H2,1-4H3,(H,32,36)/t20-,21-/m1/s1. The van der Waals surface area contributed by atoms with E-state index in [9.17, 15) is 22.4 Å². The van der Waals surface area contributed by atoms with Gasteiger partial charge in [0.25, 0.3) is 10.0 Å². The van der Waals surface area contributed by atoms with Crippen LogP contribution in [0.4, 0.5) is 10.1 Å². The molecule has 0 aliphatic carbocycles. The van der Waals surface area contributed by atoms with Gasteiger partial charge in [-0.25, -0.2) is 12.8 Å². The second kappa shape index (κ2) is 13.6. The average Bonchev–Trinajstić information content (AvgIpc) is 2.95. The molecule has 3 rings (SSSR count). The van der Waals surface area contributed by atoms with Crippen molar-refractivity contribution in [2.75, 3.05) is 18.0 Å². The first-order chi connectivity index (χ1) is 19.0. The Hall–Kier alpha value is -3.63. The van der Waals surface area contributed by atoms with Crippen LogP contribution in [0.1, 0.15) is 32.8 Å². The summed E-state index contributed by atoms with van der Waals surface area (Å²) in [6.45, 7) is 4.38. The fourth-order valence-electron chi connectivity index (χ4n) is 3.87. The zero-order chi connectivity index (χ0) is 29.4. The second-order valence-electron chi connectivity index (χ2n) is 9.27. The van der Waals surface area contributed by atoms with E-state index in [2.05, 4.69) is 5.32 Å². The summed E-state index contributed by atoms with van der Waals surface area (Å²) in [5.41, 5.74) is 0.381. The molecule has 0 unspecified atom stereocenters. The van der Waals surface area contributed by atoms with E-state index in [4.69, 9.17) is 16.3 Å². The van der Waals surface area contributed by atoms with Gasteiger partial charge in [-0.1, -0.05) is 36.7 Å². The summed E-state index contributed by atoms with van der Waals surface area (Å²) in [7, 11) is -2.79. The van der Waals surface area contributed by atoms with Crippen LogP contribution in [0.15, 0.2) is 77.7 Å². The Morgan fingerprint density at radius 1 is 1.00 bits per heavy atom. The number of rotatable bonds is 12. The Kier molecular flexibility index (Phi) is 10.5. The molecule has 2 amide bonds. The van der Waals surface area contributed by atoms with Crippen LogP contribution in [-0.2, 0) is 26.2 Å². The number of amides is 2. The molecule has 11 heteroatoms. The van der Waals surface area contributed by atoms with Crippen molar-refractivity contribution >= 4 is 39.1 Å². The molecule has 8 nitrogen and oxygen atoms in total. The largest absolute Gasteiger partial charge is 0.497 e. The minimum atomic E-state index is -4.26. The van der Waals surface area contributed by atoms with Crippen molar-refractivity contribution in [2.24, 2.45) is 0 Å². The molecule has 1 N–H and O–H groups in total. The molecule has 0 radical (unpaired) electrons. The van der Waals surface area contributed by atoms with Crippen LogP contribution in [0.2, 0.25) is 5.02 Å². The Labute approximate surface area is 239 Å². The van der Waals surface area contributed by atoms with Gasteiger partial charge in [0, 0.05) is 23.2 Å². The van der Waals surface area contributed by atoms with Gasteiger partial charge in [-0.3, -0.25) is 13.9 Å². The number of hydrogen-bond donors (Lipinski definition) is 1. The van der Waals surface area contributed by atoms with Crippen molar-refractivity contribution in [3.8, 4) is 5.75 Å². The third-order valence-electron chi connectivity index (χ3n) is 6.51. The Bertz CT molecular complexity index is 1420. The zero-order valence-corrected chi connectivity index (χ0v) is 24.4. The number of ether oxygens (including phenoxy) is 1. The summed E-state index contributed by atoms with van der Waals surface area (Å²) in [6, 6.07) is 16.5. The van der Waals surface area contributed by atoms with Crippen LogP contribution >= 0.6 is 11.6 Å². The summed E-state index contributed by atoms with van der Waals surface area (Å²) in [5, 5.41) is 3.22. The Balaban J connectivity index is 2.03. The van der Waals surface area contributed by atoms with Gasteiger partial charge in [-0.15, -0.1) is 0 Å². The van der Waals surface area contributed by atoms with Crippen LogP contribution in [0.25, 0.3) is 0 Å². The van der Waals surface area contributed by atoms with E-state index in [0.717, 1.165) is 4.31 Å². The lowest BCUT2D eigenvalue weighted by Gasteiger charge is -2.32. The van der Waals surface area contributed by atoms with Crippen molar-refractivity contribution in [3.05, 3.63) is 89.2 Å². The Morgan fingerprint density at radius 3 is 2.20 bits per heavy atom.